The maximum absolute atomic E-state index is 6.28. The summed E-state index contributed by atoms with van der Waals surface area (Å²) in [6.45, 7) is 6.38. The molecule has 17 heavy (non-hydrogen) atoms. The zero-order valence-corrected chi connectivity index (χ0v) is 11.4. The molecule has 1 aromatic rings. The van der Waals surface area contributed by atoms with E-state index in [4.69, 9.17) is 15.2 Å². The molecule has 2 atom stereocenters. The van der Waals surface area contributed by atoms with Crippen molar-refractivity contribution in [2.24, 2.45) is 11.1 Å². The van der Waals surface area contributed by atoms with Crippen molar-refractivity contribution in [1.82, 2.24) is 0 Å². The molecule has 0 fully saturated rings. The third-order valence-electron chi connectivity index (χ3n) is 2.91. The SMILES string of the molecule is COc1cccc(C(N)C(OC)C(C)(C)C)c1. The predicted molar refractivity (Wildman–Crippen MR) is 70.2 cm³/mol. The van der Waals surface area contributed by atoms with Gasteiger partial charge in [0.15, 0.2) is 0 Å². The summed E-state index contributed by atoms with van der Waals surface area (Å²) < 4.78 is 10.7. The first-order valence-corrected chi connectivity index (χ1v) is 5.82. The molecule has 0 aliphatic carbocycles. The third-order valence-corrected chi connectivity index (χ3v) is 2.91. The second-order valence-electron chi connectivity index (χ2n) is 5.32. The summed E-state index contributed by atoms with van der Waals surface area (Å²) in [5, 5.41) is 0. The maximum Gasteiger partial charge on any atom is 0.119 e. The van der Waals surface area contributed by atoms with Crippen LogP contribution >= 0.6 is 0 Å². The van der Waals surface area contributed by atoms with E-state index in [2.05, 4.69) is 20.8 Å². The molecule has 0 spiro atoms. The lowest BCUT2D eigenvalue weighted by atomic mass is 9.82. The van der Waals surface area contributed by atoms with E-state index in [9.17, 15) is 0 Å². The Morgan fingerprint density at radius 1 is 1.18 bits per heavy atom. The molecule has 0 aromatic heterocycles. The Morgan fingerprint density at radius 3 is 2.29 bits per heavy atom. The van der Waals surface area contributed by atoms with Crippen molar-refractivity contribution in [2.45, 2.75) is 32.9 Å². The van der Waals surface area contributed by atoms with Crippen LogP contribution in [0.2, 0.25) is 0 Å². The van der Waals surface area contributed by atoms with Crippen molar-refractivity contribution >= 4 is 0 Å². The first-order chi connectivity index (χ1) is 7.90. The van der Waals surface area contributed by atoms with Crippen LogP contribution in [0.25, 0.3) is 0 Å². The topological polar surface area (TPSA) is 44.5 Å². The van der Waals surface area contributed by atoms with Gasteiger partial charge in [-0.15, -0.1) is 0 Å². The molecule has 0 aliphatic rings. The Bertz CT molecular complexity index is 357. The monoisotopic (exact) mass is 237 g/mol. The lowest BCUT2D eigenvalue weighted by molar-refractivity contribution is -0.00246. The molecular weight excluding hydrogens is 214 g/mol. The van der Waals surface area contributed by atoms with Gasteiger partial charge >= 0.3 is 0 Å². The predicted octanol–water partition coefficient (Wildman–Crippen LogP) is 2.76. The fraction of sp³-hybridized carbons (Fsp3) is 0.571. The van der Waals surface area contributed by atoms with Gasteiger partial charge in [-0.25, -0.2) is 0 Å². The van der Waals surface area contributed by atoms with Crippen LogP contribution in [0.1, 0.15) is 32.4 Å². The zero-order chi connectivity index (χ0) is 13.1. The quantitative estimate of drug-likeness (QED) is 0.875. The summed E-state index contributed by atoms with van der Waals surface area (Å²) >= 11 is 0. The van der Waals surface area contributed by atoms with Crippen molar-refractivity contribution in [2.75, 3.05) is 14.2 Å². The van der Waals surface area contributed by atoms with Gasteiger partial charge in [-0.05, 0) is 23.1 Å². The maximum atomic E-state index is 6.28. The van der Waals surface area contributed by atoms with E-state index in [1.165, 1.54) is 0 Å². The van der Waals surface area contributed by atoms with Gasteiger partial charge in [0, 0.05) is 7.11 Å². The Morgan fingerprint density at radius 2 is 1.82 bits per heavy atom. The molecule has 2 unspecified atom stereocenters. The van der Waals surface area contributed by atoms with Crippen molar-refractivity contribution in [3.8, 4) is 5.75 Å². The van der Waals surface area contributed by atoms with Crippen LogP contribution in [0.15, 0.2) is 24.3 Å². The average Bonchev–Trinajstić information content (AvgIpc) is 2.28. The van der Waals surface area contributed by atoms with Gasteiger partial charge in [0.2, 0.25) is 0 Å². The Kier molecular flexibility index (Phi) is 4.54. The van der Waals surface area contributed by atoms with Gasteiger partial charge in [-0.1, -0.05) is 32.9 Å². The highest BCUT2D eigenvalue weighted by molar-refractivity contribution is 5.31. The average molecular weight is 237 g/mol. The van der Waals surface area contributed by atoms with E-state index in [1.807, 2.05) is 24.3 Å². The van der Waals surface area contributed by atoms with Gasteiger partial charge in [-0.2, -0.15) is 0 Å². The molecule has 0 aliphatic heterocycles. The smallest absolute Gasteiger partial charge is 0.119 e. The van der Waals surface area contributed by atoms with Crippen molar-refractivity contribution < 1.29 is 9.47 Å². The molecular formula is C14H23NO2. The fourth-order valence-electron chi connectivity index (χ4n) is 2.06. The van der Waals surface area contributed by atoms with Crippen LogP contribution in [0.4, 0.5) is 0 Å². The molecule has 0 saturated heterocycles. The van der Waals surface area contributed by atoms with E-state index >= 15 is 0 Å². The lowest BCUT2D eigenvalue weighted by Gasteiger charge is -2.34. The van der Waals surface area contributed by atoms with E-state index in [0.29, 0.717) is 0 Å². The Labute approximate surface area is 104 Å². The molecule has 3 heteroatoms. The number of hydrogen-bond acceptors (Lipinski definition) is 3. The second-order valence-corrected chi connectivity index (χ2v) is 5.32. The number of methoxy groups -OCH3 is 2. The normalized spacial score (nSPS) is 15.4. The number of rotatable bonds is 4. The van der Waals surface area contributed by atoms with Crippen molar-refractivity contribution in [1.29, 1.82) is 0 Å². The molecule has 3 nitrogen and oxygen atoms in total. The summed E-state index contributed by atoms with van der Waals surface area (Å²) in [5.74, 6) is 0.821. The van der Waals surface area contributed by atoms with Crippen LogP contribution in [0, 0.1) is 5.41 Å². The van der Waals surface area contributed by atoms with Crippen molar-refractivity contribution in [3.63, 3.8) is 0 Å². The number of hydrogen-bond donors (Lipinski definition) is 1. The van der Waals surface area contributed by atoms with Crippen molar-refractivity contribution in [3.05, 3.63) is 29.8 Å². The summed E-state index contributed by atoms with van der Waals surface area (Å²) in [6.07, 6.45) is -0.0328. The summed E-state index contributed by atoms with van der Waals surface area (Å²) in [7, 11) is 3.36. The number of nitrogens with two attached hydrogens (primary N) is 1. The summed E-state index contributed by atoms with van der Waals surface area (Å²) in [5.41, 5.74) is 7.31. The first-order valence-electron chi connectivity index (χ1n) is 5.82. The summed E-state index contributed by atoms with van der Waals surface area (Å²) in [6, 6.07) is 7.67. The number of ether oxygens (including phenoxy) is 2. The first kappa shape index (κ1) is 14.0. The molecule has 96 valence electrons. The second kappa shape index (κ2) is 5.52. The molecule has 0 saturated carbocycles. The van der Waals surface area contributed by atoms with E-state index < -0.39 is 0 Å². The number of benzene rings is 1. The van der Waals surface area contributed by atoms with E-state index in [-0.39, 0.29) is 17.6 Å². The van der Waals surface area contributed by atoms with Crippen LogP contribution in [0.3, 0.4) is 0 Å². The van der Waals surface area contributed by atoms with Gasteiger partial charge in [-0.3, -0.25) is 0 Å². The van der Waals surface area contributed by atoms with Gasteiger partial charge in [0.25, 0.3) is 0 Å². The van der Waals surface area contributed by atoms with Crippen LogP contribution in [-0.2, 0) is 4.74 Å². The Balaban J connectivity index is 2.97. The minimum atomic E-state index is -0.157. The molecule has 0 bridgehead atoms. The molecule has 0 radical (unpaired) electrons. The Hall–Kier alpha value is -1.06. The van der Waals surface area contributed by atoms with Crippen LogP contribution < -0.4 is 10.5 Å². The van der Waals surface area contributed by atoms with Crippen LogP contribution in [-0.4, -0.2) is 20.3 Å². The summed E-state index contributed by atoms with van der Waals surface area (Å²) in [4.78, 5) is 0. The third kappa shape index (κ3) is 3.45. The fourth-order valence-corrected chi connectivity index (χ4v) is 2.06. The van der Waals surface area contributed by atoms with Gasteiger partial charge < -0.3 is 15.2 Å². The standard InChI is InChI=1S/C14H23NO2/c1-14(2,3)13(17-5)12(15)10-7-6-8-11(9-10)16-4/h6-9,12-13H,15H2,1-5H3. The van der Waals surface area contributed by atoms with Crippen LogP contribution in [0.5, 0.6) is 5.75 Å². The molecule has 1 aromatic carbocycles. The van der Waals surface area contributed by atoms with Gasteiger partial charge in [0.05, 0.1) is 19.3 Å². The van der Waals surface area contributed by atoms with Gasteiger partial charge in [0.1, 0.15) is 5.75 Å². The highest BCUT2D eigenvalue weighted by Gasteiger charge is 2.31. The molecule has 1 rings (SSSR count). The molecule has 0 heterocycles. The van der Waals surface area contributed by atoms with E-state index in [0.717, 1.165) is 11.3 Å². The largest absolute Gasteiger partial charge is 0.497 e. The highest BCUT2D eigenvalue weighted by Crippen LogP contribution is 2.31. The van der Waals surface area contributed by atoms with E-state index in [1.54, 1.807) is 14.2 Å². The minimum absolute atomic E-state index is 0.00273. The zero-order valence-electron chi connectivity index (χ0n) is 11.4. The highest BCUT2D eigenvalue weighted by atomic mass is 16.5. The lowest BCUT2D eigenvalue weighted by Crippen LogP contribution is -2.38. The molecule has 0 amide bonds. The molecule has 2 N–H and O–H groups in total. The minimum Gasteiger partial charge on any atom is -0.497 e.